The zero-order valence-corrected chi connectivity index (χ0v) is 18.4. The lowest BCUT2D eigenvalue weighted by Gasteiger charge is -2.28. The molecule has 1 saturated heterocycles. The first kappa shape index (κ1) is 19.2. The molecule has 4 rings (SSSR count). The van der Waals surface area contributed by atoms with Crippen LogP contribution in [0.15, 0.2) is 59.6 Å². The summed E-state index contributed by atoms with van der Waals surface area (Å²) in [5, 5.41) is 0. The van der Waals surface area contributed by atoms with Gasteiger partial charge in [-0.1, -0.05) is 0 Å². The molecule has 28 heavy (non-hydrogen) atoms. The Morgan fingerprint density at radius 3 is 2.25 bits per heavy atom. The highest BCUT2D eigenvalue weighted by atomic mass is 127. The SMILES string of the molecule is Cc1cc(C=Nc2ccc(N3CCOCC3)cc2)c(C)n1-c1ccc(I)cc1. The molecule has 3 aromatic rings. The maximum Gasteiger partial charge on any atom is 0.0642 e. The van der Waals surface area contributed by atoms with Crippen LogP contribution in [0.4, 0.5) is 11.4 Å². The highest BCUT2D eigenvalue weighted by Crippen LogP contribution is 2.23. The predicted molar refractivity (Wildman–Crippen MR) is 125 cm³/mol. The van der Waals surface area contributed by atoms with E-state index in [4.69, 9.17) is 9.73 Å². The van der Waals surface area contributed by atoms with E-state index in [1.165, 1.54) is 26.3 Å². The van der Waals surface area contributed by atoms with Gasteiger partial charge in [-0.2, -0.15) is 0 Å². The molecule has 0 unspecified atom stereocenters. The van der Waals surface area contributed by atoms with E-state index >= 15 is 0 Å². The monoisotopic (exact) mass is 485 g/mol. The third kappa shape index (κ3) is 4.15. The molecule has 1 fully saturated rings. The van der Waals surface area contributed by atoms with Crippen molar-refractivity contribution in [2.45, 2.75) is 13.8 Å². The second-order valence-corrected chi connectivity index (χ2v) is 8.26. The third-order valence-electron chi connectivity index (χ3n) is 5.13. The van der Waals surface area contributed by atoms with Gasteiger partial charge in [0.2, 0.25) is 0 Å². The number of aromatic nitrogens is 1. The van der Waals surface area contributed by atoms with Gasteiger partial charge in [-0.3, -0.25) is 4.99 Å². The number of hydrogen-bond donors (Lipinski definition) is 0. The van der Waals surface area contributed by atoms with Gasteiger partial charge < -0.3 is 14.2 Å². The minimum atomic E-state index is 0.802. The van der Waals surface area contributed by atoms with Crippen molar-refractivity contribution in [2.24, 2.45) is 4.99 Å². The van der Waals surface area contributed by atoms with Gasteiger partial charge in [0.1, 0.15) is 0 Å². The summed E-state index contributed by atoms with van der Waals surface area (Å²) in [6.07, 6.45) is 1.97. The summed E-state index contributed by atoms with van der Waals surface area (Å²) in [6.45, 7) is 7.79. The van der Waals surface area contributed by atoms with Gasteiger partial charge in [0, 0.05) is 51.2 Å². The summed E-state index contributed by atoms with van der Waals surface area (Å²) in [6, 6.07) is 19.2. The number of nitrogens with zero attached hydrogens (tertiary/aromatic N) is 3. The van der Waals surface area contributed by atoms with Gasteiger partial charge in [0.15, 0.2) is 0 Å². The van der Waals surface area contributed by atoms with Crippen LogP contribution < -0.4 is 4.90 Å². The quantitative estimate of drug-likeness (QED) is 0.372. The maximum absolute atomic E-state index is 5.43. The van der Waals surface area contributed by atoms with Crippen molar-refractivity contribution < 1.29 is 4.74 Å². The van der Waals surface area contributed by atoms with Gasteiger partial charge in [0.05, 0.1) is 18.9 Å². The molecule has 1 aromatic heterocycles. The van der Waals surface area contributed by atoms with Crippen LogP contribution in [0, 0.1) is 17.4 Å². The predicted octanol–water partition coefficient (Wildman–Crippen LogP) is 5.29. The molecule has 0 aliphatic carbocycles. The number of ether oxygens (including phenoxy) is 1. The summed E-state index contributed by atoms with van der Waals surface area (Å²) in [5.41, 5.74) is 6.95. The first-order valence-electron chi connectivity index (χ1n) is 9.53. The Hall–Kier alpha value is -2.12. The minimum Gasteiger partial charge on any atom is -0.378 e. The van der Waals surface area contributed by atoms with Crippen molar-refractivity contribution in [1.82, 2.24) is 4.57 Å². The Balaban J connectivity index is 1.53. The van der Waals surface area contributed by atoms with Crippen molar-refractivity contribution in [3.63, 3.8) is 0 Å². The summed E-state index contributed by atoms with van der Waals surface area (Å²) >= 11 is 2.33. The second kappa shape index (κ2) is 8.49. The summed E-state index contributed by atoms with van der Waals surface area (Å²) in [7, 11) is 0. The molecule has 0 atom stereocenters. The summed E-state index contributed by atoms with van der Waals surface area (Å²) in [4.78, 5) is 7.06. The number of rotatable bonds is 4. The average Bonchev–Trinajstić information content (AvgIpc) is 3.01. The van der Waals surface area contributed by atoms with Gasteiger partial charge in [0.25, 0.3) is 0 Å². The van der Waals surface area contributed by atoms with E-state index in [0.29, 0.717) is 0 Å². The Morgan fingerprint density at radius 1 is 0.929 bits per heavy atom. The second-order valence-electron chi connectivity index (χ2n) is 7.01. The standard InChI is InChI=1S/C23H24IN3O/c1-17-15-19(18(2)27(17)23-7-3-20(24)4-8-23)16-25-21-5-9-22(10-6-21)26-11-13-28-14-12-26/h3-10,15-16H,11-14H2,1-2H3. The molecule has 0 bridgehead atoms. The molecule has 0 saturated carbocycles. The molecule has 2 aromatic carbocycles. The van der Waals surface area contributed by atoms with Crippen molar-refractivity contribution >= 4 is 40.2 Å². The number of hydrogen-bond acceptors (Lipinski definition) is 3. The van der Waals surface area contributed by atoms with E-state index in [1.807, 2.05) is 6.21 Å². The molecular formula is C23H24IN3O. The summed E-state index contributed by atoms with van der Waals surface area (Å²) < 4.78 is 8.94. The van der Waals surface area contributed by atoms with Crippen molar-refractivity contribution in [3.05, 3.63) is 75.1 Å². The van der Waals surface area contributed by atoms with Gasteiger partial charge in [-0.05, 0) is 91.0 Å². The molecule has 4 nitrogen and oxygen atoms in total. The first-order valence-corrected chi connectivity index (χ1v) is 10.6. The average molecular weight is 485 g/mol. The number of halogens is 1. The van der Waals surface area contributed by atoms with E-state index in [9.17, 15) is 0 Å². The molecule has 2 heterocycles. The number of aliphatic imine (C=N–C) groups is 1. The van der Waals surface area contributed by atoms with E-state index in [1.54, 1.807) is 0 Å². The van der Waals surface area contributed by atoms with Crippen LogP contribution in [0.25, 0.3) is 5.69 Å². The fourth-order valence-electron chi connectivity index (χ4n) is 3.62. The van der Waals surface area contributed by atoms with E-state index in [-0.39, 0.29) is 0 Å². The van der Waals surface area contributed by atoms with Crippen molar-refractivity contribution in [3.8, 4) is 5.69 Å². The van der Waals surface area contributed by atoms with E-state index in [0.717, 1.165) is 37.6 Å². The molecule has 5 heteroatoms. The van der Waals surface area contributed by atoms with Gasteiger partial charge in [-0.25, -0.2) is 0 Å². The number of benzene rings is 2. The van der Waals surface area contributed by atoms with Crippen LogP contribution in [0.2, 0.25) is 0 Å². The molecule has 144 valence electrons. The van der Waals surface area contributed by atoms with Crippen LogP contribution in [-0.4, -0.2) is 37.1 Å². The normalized spacial score (nSPS) is 14.8. The molecule has 1 aliphatic rings. The molecule has 0 N–H and O–H groups in total. The Kier molecular flexibility index (Phi) is 5.82. The smallest absolute Gasteiger partial charge is 0.0642 e. The third-order valence-corrected chi connectivity index (χ3v) is 5.85. The Labute approximate surface area is 180 Å². The van der Waals surface area contributed by atoms with Crippen LogP contribution in [0.3, 0.4) is 0 Å². The summed E-state index contributed by atoms with van der Waals surface area (Å²) in [5.74, 6) is 0. The first-order chi connectivity index (χ1) is 13.6. The van der Waals surface area contributed by atoms with E-state index < -0.39 is 0 Å². The van der Waals surface area contributed by atoms with Crippen LogP contribution >= 0.6 is 22.6 Å². The Morgan fingerprint density at radius 2 is 1.57 bits per heavy atom. The molecule has 0 spiro atoms. The number of morpholine rings is 1. The maximum atomic E-state index is 5.43. The van der Waals surface area contributed by atoms with Crippen LogP contribution in [0.1, 0.15) is 17.0 Å². The van der Waals surface area contributed by atoms with Crippen molar-refractivity contribution in [2.75, 3.05) is 31.2 Å². The lowest BCUT2D eigenvalue weighted by atomic mass is 10.2. The van der Waals surface area contributed by atoms with Crippen LogP contribution in [0.5, 0.6) is 0 Å². The number of anilines is 1. The largest absolute Gasteiger partial charge is 0.378 e. The minimum absolute atomic E-state index is 0.802. The Bertz CT molecular complexity index is 968. The topological polar surface area (TPSA) is 29.8 Å². The molecule has 1 aliphatic heterocycles. The van der Waals surface area contributed by atoms with Crippen molar-refractivity contribution in [1.29, 1.82) is 0 Å². The lowest BCUT2D eigenvalue weighted by molar-refractivity contribution is 0.122. The van der Waals surface area contributed by atoms with Gasteiger partial charge in [-0.15, -0.1) is 0 Å². The highest BCUT2D eigenvalue weighted by molar-refractivity contribution is 14.1. The van der Waals surface area contributed by atoms with Crippen LogP contribution in [-0.2, 0) is 4.74 Å². The van der Waals surface area contributed by atoms with E-state index in [2.05, 4.69) is 101 Å². The fraction of sp³-hybridized carbons (Fsp3) is 0.261. The molecule has 0 radical (unpaired) electrons. The highest BCUT2D eigenvalue weighted by Gasteiger charge is 2.11. The number of aryl methyl sites for hydroxylation is 1. The fourth-order valence-corrected chi connectivity index (χ4v) is 3.98. The van der Waals surface area contributed by atoms with Gasteiger partial charge >= 0.3 is 0 Å². The molecule has 0 amide bonds. The zero-order valence-electron chi connectivity index (χ0n) is 16.2. The lowest BCUT2D eigenvalue weighted by Crippen LogP contribution is -2.36. The molecular weight excluding hydrogens is 461 g/mol. The zero-order chi connectivity index (χ0) is 19.5.